The minimum Gasteiger partial charge on any atom is -0.381 e. The number of ether oxygens (including phenoxy) is 1. The molecule has 0 aromatic heterocycles. The van der Waals surface area contributed by atoms with Crippen molar-refractivity contribution in [2.45, 2.75) is 33.6 Å². The van der Waals surface area contributed by atoms with Crippen LogP contribution in [0.15, 0.2) is 64.4 Å². The molecular weight excluding hydrogens is 411 g/mol. The Labute approximate surface area is 166 Å². The molecule has 0 aliphatic carbocycles. The monoisotopic (exact) mass is 431 g/mol. The number of rotatable bonds is 6. The number of benzene rings is 2. The van der Waals surface area contributed by atoms with E-state index in [0.29, 0.717) is 32.1 Å². The van der Waals surface area contributed by atoms with E-state index in [9.17, 15) is 21.6 Å². The van der Waals surface area contributed by atoms with E-state index >= 15 is 0 Å². The summed E-state index contributed by atoms with van der Waals surface area (Å²) in [5.41, 5.74) is -0.991. The zero-order valence-electron chi connectivity index (χ0n) is 14.9. The fraction of sp³-hybridized carbons (Fsp3) is 0.368. The van der Waals surface area contributed by atoms with Crippen LogP contribution in [0.2, 0.25) is 0 Å². The van der Waals surface area contributed by atoms with Crippen molar-refractivity contribution in [1.82, 2.24) is 4.72 Å². The number of sulfonamides is 1. The molecule has 0 atom stereocenters. The summed E-state index contributed by atoms with van der Waals surface area (Å²) in [6.07, 6.45) is -3.33. The SMILES string of the molecule is O=S(=O)(NCC1(Sc2ccccc2)CCOCC1)c1cccc(C(F)(F)F)c1. The maximum Gasteiger partial charge on any atom is 0.416 e. The molecule has 2 aromatic rings. The maximum atomic E-state index is 12.9. The van der Waals surface area contributed by atoms with Crippen LogP contribution in [0.4, 0.5) is 13.2 Å². The maximum absolute atomic E-state index is 12.9. The van der Waals surface area contributed by atoms with E-state index in [1.165, 1.54) is 6.07 Å². The number of halogens is 3. The van der Waals surface area contributed by atoms with Gasteiger partial charge >= 0.3 is 6.18 Å². The topological polar surface area (TPSA) is 55.4 Å². The molecule has 1 saturated heterocycles. The van der Waals surface area contributed by atoms with E-state index in [4.69, 9.17) is 4.74 Å². The van der Waals surface area contributed by atoms with Gasteiger partial charge in [-0.3, -0.25) is 0 Å². The molecule has 0 saturated carbocycles. The Bertz CT molecular complexity index is 896. The number of nitrogens with one attached hydrogen (secondary N) is 1. The Morgan fingerprint density at radius 2 is 1.71 bits per heavy atom. The molecule has 1 heterocycles. The summed E-state index contributed by atoms with van der Waals surface area (Å²) < 4.78 is 71.5. The Hall–Kier alpha value is -1.55. The minimum atomic E-state index is -4.60. The van der Waals surface area contributed by atoms with Crippen molar-refractivity contribution in [2.24, 2.45) is 0 Å². The Morgan fingerprint density at radius 1 is 1.04 bits per heavy atom. The van der Waals surface area contributed by atoms with Crippen LogP contribution in [0.1, 0.15) is 18.4 Å². The fourth-order valence-electron chi connectivity index (χ4n) is 2.95. The smallest absolute Gasteiger partial charge is 0.381 e. The average molecular weight is 432 g/mol. The van der Waals surface area contributed by atoms with E-state index in [1.54, 1.807) is 11.8 Å². The molecule has 4 nitrogen and oxygen atoms in total. The van der Waals surface area contributed by atoms with E-state index in [-0.39, 0.29) is 6.54 Å². The summed E-state index contributed by atoms with van der Waals surface area (Å²) >= 11 is 1.57. The van der Waals surface area contributed by atoms with Gasteiger partial charge in [-0.25, -0.2) is 13.1 Å². The molecule has 0 unspecified atom stereocenters. The van der Waals surface area contributed by atoms with Gasteiger partial charge in [0.2, 0.25) is 10.0 Å². The standard InChI is InChI=1S/C19H20F3NO3S2/c20-19(21,22)15-5-4-8-17(13-15)28(24,25)23-14-18(9-11-26-12-10-18)27-16-6-2-1-3-7-16/h1-8,13,23H,9-12,14H2. The highest BCUT2D eigenvalue weighted by atomic mass is 32.2. The molecule has 0 spiro atoms. The first-order chi connectivity index (χ1) is 13.2. The Kier molecular flexibility index (Phi) is 6.38. The lowest BCUT2D eigenvalue weighted by molar-refractivity contribution is -0.137. The minimum absolute atomic E-state index is 0.106. The lowest BCUT2D eigenvalue weighted by Crippen LogP contribution is -2.44. The van der Waals surface area contributed by atoms with Gasteiger partial charge in [0.1, 0.15) is 0 Å². The lowest BCUT2D eigenvalue weighted by Gasteiger charge is -2.36. The molecule has 1 aliphatic heterocycles. The van der Waals surface area contributed by atoms with Gasteiger partial charge in [-0.1, -0.05) is 24.3 Å². The van der Waals surface area contributed by atoms with Gasteiger partial charge in [0, 0.05) is 29.4 Å². The van der Waals surface area contributed by atoms with E-state index in [1.807, 2.05) is 30.3 Å². The molecule has 152 valence electrons. The second kappa shape index (κ2) is 8.44. The quantitative estimate of drug-likeness (QED) is 0.740. The number of thioether (sulfide) groups is 1. The van der Waals surface area contributed by atoms with E-state index < -0.39 is 31.4 Å². The third-order valence-corrected chi connectivity index (χ3v) is 7.43. The number of hydrogen-bond donors (Lipinski definition) is 1. The van der Waals surface area contributed by atoms with Crippen molar-refractivity contribution in [1.29, 1.82) is 0 Å². The van der Waals surface area contributed by atoms with Gasteiger partial charge in [-0.2, -0.15) is 13.2 Å². The zero-order chi connectivity index (χ0) is 20.3. The van der Waals surface area contributed by atoms with E-state index in [0.717, 1.165) is 17.0 Å². The summed E-state index contributed by atoms with van der Waals surface area (Å²) in [5.74, 6) is 0. The normalized spacial score (nSPS) is 17.4. The Morgan fingerprint density at radius 3 is 2.36 bits per heavy atom. The highest BCUT2D eigenvalue weighted by Crippen LogP contribution is 2.40. The van der Waals surface area contributed by atoms with Crippen molar-refractivity contribution in [3.63, 3.8) is 0 Å². The molecule has 3 rings (SSSR count). The zero-order valence-corrected chi connectivity index (χ0v) is 16.5. The van der Waals surface area contributed by atoms with Crippen molar-refractivity contribution in [3.8, 4) is 0 Å². The molecule has 9 heteroatoms. The molecule has 1 N–H and O–H groups in total. The largest absolute Gasteiger partial charge is 0.416 e. The summed E-state index contributed by atoms with van der Waals surface area (Å²) in [6.45, 7) is 1.12. The van der Waals surface area contributed by atoms with Gasteiger partial charge < -0.3 is 4.74 Å². The predicted octanol–water partition coefficient (Wildman–Crippen LogP) is 4.33. The number of hydrogen-bond acceptors (Lipinski definition) is 4. The van der Waals surface area contributed by atoms with Crippen LogP contribution < -0.4 is 4.72 Å². The molecule has 1 fully saturated rings. The van der Waals surface area contributed by atoms with Crippen molar-refractivity contribution >= 4 is 21.8 Å². The summed E-state index contributed by atoms with van der Waals surface area (Å²) in [6, 6.07) is 13.4. The molecule has 0 bridgehead atoms. The van der Waals surface area contributed by atoms with Crippen LogP contribution >= 0.6 is 11.8 Å². The van der Waals surface area contributed by atoms with E-state index in [2.05, 4.69) is 4.72 Å². The summed E-state index contributed by atoms with van der Waals surface area (Å²) in [4.78, 5) is 0.608. The van der Waals surface area contributed by atoms with Crippen molar-refractivity contribution in [3.05, 3.63) is 60.2 Å². The van der Waals surface area contributed by atoms with Crippen molar-refractivity contribution in [2.75, 3.05) is 19.8 Å². The predicted molar refractivity (Wildman–Crippen MR) is 102 cm³/mol. The van der Waals surface area contributed by atoms with Gasteiger partial charge in [-0.05, 0) is 43.2 Å². The first kappa shape index (κ1) is 21.2. The first-order valence-corrected chi connectivity index (χ1v) is 11.0. The highest BCUT2D eigenvalue weighted by Gasteiger charge is 2.36. The fourth-order valence-corrected chi connectivity index (χ4v) is 5.52. The van der Waals surface area contributed by atoms with Crippen LogP contribution in [0.5, 0.6) is 0 Å². The van der Waals surface area contributed by atoms with Crippen LogP contribution in [-0.2, 0) is 20.9 Å². The van der Waals surface area contributed by atoms with Gasteiger partial charge in [-0.15, -0.1) is 11.8 Å². The second-order valence-electron chi connectivity index (χ2n) is 6.56. The average Bonchev–Trinajstić information content (AvgIpc) is 2.68. The molecule has 0 amide bonds. The van der Waals surface area contributed by atoms with Gasteiger partial charge in [0.15, 0.2) is 0 Å². The van der Waals surface area contributed by atoms with Crippen LogP contribution in [0, 0.1) is 0 Å². The van der Waals surface area contributed by atoms with Gasteiger partial charge in [0.05, 0.1) is 10.5 Å². The second-order valence-corrected chi connectivity index (χ2v) is 9.87. The number of alkyl halides is 3. The Balaban J connectivity index is 1.79. The third-order valence-electron chi connectivity index (χ3n) is 4.54. The van der Waals surface area contributed by atoms with Crippen LogP contribution in [0.3, 0.4) is 0 Å². The highest BCUT2D eigenvalue weighted by molar-refractivity contribution is 8.00. The lowest BCUT2D eigenvalue weighted by atomic mass is 9.99. The van der Waals surface area contributed by atoms with Crippen molar-refractivity contribution < 1.29 is 26.3 Å². The third kappa shape index (κ3) is 5.28. The molecular formula is C19H20F3NO3S2. The van der Waals surface area contributed by atoms with Crippen LogP contribution in [0.25, 0.3) is 0 Å². The molecule has 1 aliphatic rings. The molecule has 28 heavy (non-hydrogen) atoms. The molecule has 2 aromatic carbocycles. The summed E-state index contributed by atoms with van der Waals surface area (Å²) in [5, 5.41) is 0. The van der Waals surface area contributed by atoms with Crippen LogP contribution in [-0.4, -0.2) is 32.9 Å². The summed E-state index contributed by atoms with van der Waals surface area (Å²) in [7, 11) is -4.08. The van der Waals surface area contributed by atoms with Gasteiger partial charge in [0.25, 0.3) is 0 Å². The molecule has 0 radical (unpaired) electrons. The first-order valence-electron chi connectivity index (χ1n) is 8.69.